The fraction of sp³-hybridized carbons (Fsp3) is 0.417. The molecule has 0 radical (unpaired) electrons. The molecule has 1 aromatic carbocycles. The van der Waals surface area contributed by atoms with Crippen LogP contribution in [-0.2, 0) is 9.53 Å². The van der Waals surface area contributed by atoms with Gasteiger partial charge in [0, 0.05) is 7.11 Å². The summed E-state index contributed by atoms with van der Waals surface area (Å²) in [5.74, 6) is -0.231. The molecule has 0 aromatic heterocycles. The molecule has 2 atom stereocenters. The van der Waals surface area contributed by atoms with Crippen LogP contribution >= 0.6 is 0 Å². The third kappa shape index (κ3) is 3.32. The Morgan fingerprint density at radius 1 is 1.44 bits per heavy atom. The van der Waals surface area contributed by atoms with Gasteiger partial charge in [0.05, 0.1) is 12.6 Å². The third-order valence-corrected chi connectivity index (χ3v) is 2.42. The van der Waals surface area contributed by atoms with Gasteiger partial charge in [-0.3, -0.25) is 4.79 Å². The zero-order chi connectivity index (χ0) is 12.0. The normalized spacial score (nSPS) is 14.2. The Labute approximate surface area is 95.2 Å². The molecule has 0 aliphatic carbocycles. The predicted octanol–water partition coefficient (Wildman–Crippen LogP) is 0.871. The minimum absolute atomic E-state index is 0.133. The first-order chi connectivity index (χ1) is 7.69. The number of benzene rings is 1. The Kier molecular flexibility index (Phi) is 4.95. The lowest BCUT2D eigenvalue weighted by Crippen LogP contribution is -2.37. The number of nitrogens with one attached hydrogen (secondary N) is 1. The SMILES string of the molecule is COC(C)C(=O)N[C@@H](CO)c1ccccc1. The molecule has 0 aliphatic heterocycles. The average molecular weight is 223 g/mol. The van der Waals surface area contributed by atoms with Crippen molar-refractivity contribution in [3.8, 4) is 0 Å². The fourth-order valence-corrected chi connectivity index (χ4v) is 1.32. The van der Waals surface area contributed by atoms with E-state index in [1.54, 1.807) is 6.92 Å². The van der Waals surface area contributed by atoms with E-state index in [1.807, 2.05) is 30.3 Å². The molecule has 88 valence electrons. The van der Waals surface area contributed by atoms with Gasteiger partial charge in [-0.05, 0) is 12.5 Å². The first-order valence-corrected chi connectivity index (χ1v) is 5.18. The zero-order valence-electron chi connectivity index (χ0n) is 9.51. The molecule has 0 saturated carbocycles. The van der Waals surface area contributed by atoms with Gasteiger partial charge in [0.1, 0.15) is 6.10 Å². The number of carbonyl (C=O) groups excluding carboxylic acids is 1. The van der Waals surface area contributed by atoms with Gasteiger partial charge >= 0.3 is 0 Å². The van der Waals surface area contributed by atoms with Crippen molar-refractivity contribution in [3.63, 3.8) is 0 Å². The topological polar surface area (TPSA) is 58.6 Å². The summed E-state index contributed by atoms with van der Waals surface area (Å²) in [5.41, 5.74) is 0.877. The molecule has 0 fully saturated rings. The van der Waals surface area contributed by atoms with Crippen molar-refractivity contribution in [2.75, 3.05) is 13.7 Å². The van der Waals surface area contributed by atoms with Gasteiger partial charge in [-0.2, -0.15) is 0 Å². The van der Waals surface area contributed by atoms with E-state index >= 15 is 0 Å². The first kappa shape index (κ1) is 12.7. The number of aliphatic hydroxyl groups is 1. The van der Waals surface area contributed by atoms with Crippen LogP contribution in [0.2, 0.25) is 0 Å². The average Bonchev–Trinajstić information content (AvgIpc) is 2.35. The van der Waals surface area contributed by atoms with Crippen LogP contribution < -0.4 is 5.32 Å². The summed E-state index contributed by atoms with van der Waals surface area (Å²) in [5, 5.41) is 11.9. The predicted molar refractivity (Wildman–Crippen MR) is 60.9 cm³/mol. The van der Waals surface area contributed by atoms with E-state index in [-0.39, 0.29) is 18.6 Å². The number of ether oxygens (including phenoxy) is 1. The van der Waals surface area contributed by atoms with Crippen LogP contribution in [0, 0.1) is 0 Å². The van der Waals surface area contributed by atoms with E-state index in [0.717, 1.165) is 5.56 Å². The van der Waals surface area contributed by atoms with E-state index in [1.165, 1.54) is 7.11 Å². The number of aliphatic hydroxyl groups excluding tert-OH is 1. The van der Waals surface area contributed by atoms with Crippen LogP contribution in [0.4, 0.5) is 0 Å². The van der Waals surface area contributed by atoms with Gasteiger partial charge in [-0.1, -0.05) is 30.3 Å². The molecule has 0 saturated heterocycles. The lowest BCUT2D eigenvalue weighted by Gasteiger charge is -2.18. The summed E-state index contributed by atoms with van der Waals surface area (Å²) in [7, 11) is 1.47. The molecule has 1 amide bonds. The Balaban J connectivity index is 2.66. The summed E-state index contributed by atoms with van der Waals surface area (Å²) >= 11 is 0. The number of methoxy groups -OCH3 is 1. The van der Waals surface area contributed by atoms with Gasteiger partial charge in [-0.25, -0.2) is 0 Å². The molecule has 1 aromatic rings. The van der Waals surface area contributed by atoms with Crippen LogP contribution in [0.25, 0.3) is 0 Å². The second-order valence-corrected chi connectivity index (χ2v) is 3.53. The van der Waals surface area contributed by atoms with Crippen molar-refractivity contribution in [3.05, 3.63) is 35.9 Å². The lowest BCUT2D eigenvalue weighted by atomic mass is 10.1. The van der Waals surface area contributed by atoms with Gasteiger partial charge in [0.15, 0.2) is 0 Å². The monoisotopic (exact) mass is 223 g/mol. The molecular weight excluding hydrogens is 206 g/mol. The van der Waals surface area contributed by atoms with Crippen molar-refractivity contribution in [1.82, 2.24) is 5.32 Å². The molecule has 4 heteroatoms. The van der Waals surface area contributed by atoms with Crippen molar-refractivity contribution >= 4 is 5.91 Å². The smallest absolute Gasteiger partial charge is 0.249 e. The molecule has 1 rings (SSSR count). The van der Waals surface area contributed by atoms with E-state index in [4.69, 9.17) is 4.74 Å². The molecule has 0 aliphatic rings. The summed E-state index contributed by atoms with van der Waals surface area (Å²) < 4.78 is 4.90. The van der Waals surface area contributed by atoms with Crippen LogP contribution in [0.3, 0.4) is 0 Å². The molecule has 0 heterocycles. The Hall–Kier alpha value is -1.39. The van der Waals surface area contributed by atoms with Crippen LogP contribution in [-0.4, -0.2) is 30.8 Å². The lowest BCUT2D eigenvalue weighted by molar-refractivity contribution is -0.131. The van der Waals surface area contributed by atoms with Crippen LogP contribution in [0.15, 0.2) is 30.3 Å². The van der Waals surface area contributed by atoms with Crippen molar-refractivity contribution in [1.29, 1.82) is 0 Å². The highest BCUT2D eigenvalue weighted by Crippen LogP contribution is 2.11. The molecular formula is C12H17NO3. The van der Waals surface area contributed by atoms with Gasteiger partial charge < -0.3 is 15.2 Å². The second kappa shape index (κ2) is 6.25. The summed E-state index contributed by atoms with van der Waals surface area (Å²) in [4.78, 5) is 11.6. The minimum atomic E-state index is -0.516. The third-order valence-electron chi connectivity index (χ3n) is 2.42. The highest BCUT2D eigenvalue weighted by Gasteiger charge is 2.17. The maximum atomic E-state index is 11.6. The maximum absolute atomic E-state index is 11.6. The number of amides is 1. The number of rotatable bonds is 5. The second-order valence-electron chi connectivity index (χ2n) is 3.53. The minimum Gasteiger partial charge on any atom is -0.394 e. The summed E-state index contributed by atoms with van der Waals surface area (Å²) in [6.45, 7) is 1.53. The van der Waals surface area contributed by atoms with Gasteiger partial charge in [0.2, 0.25) is 5.91 Å². The summed E-state index contributed by atoms with van der Waals surface area (Å²) in [6, 6.07) is 8.95. The Morgan fingerprint density at radius 2 is 2.06 bits per heavy atom. The van der Waals surface area contributed by atoms with Crippen molar-refractivity contribution in [2.24, 2.45) is 0 Å². The largest absolute Gasteiger partial charge is 0.394 e. The molecule has 1 unspecified atom stereocenters. The van der Waals surface area contributed by atoms with Crippen LogP contribution in [0.1, 0.15) is 18.5 Å². The zero-order valence-corrected chi connectivity index (χ0v) is 9.51. The van der Waals surface area contributed by atoms with Crippen molar-refractivity contribution < 1.29 is 14.6 Å². The fourth-order valence-electron chi connectivity index (χ4n) is 1.32. The van der Waals surface area contributed by atoms with E-state index in [0.29, 0.717) is 0 Å². The highest BCUT2D eigenvalue weighted by molar-refractivity contribution is 5.80. The molecule has 2 N–H and O–H groups in total. The van der Waals surface area contributed by atoms with Gasteiger partial charge in [-0.15, -0.1) is 0 Å². The van der Waals surface area contributed by atoms with Crippen LogP contribution in [0.5, 0.6) is 0 Å². The number of hydrogen-bond donors (Lipinski definition) is 2. The van der Waals surface area contributed by atoms with E-state index in [2.05, 4.69) is 5.32 Å². The van der Waals surface area contributed by atoms with E-state index in [9.17, 15) is 9.90 Å². The Morgan fingerprint density at radius 3 is 2.56 bits per heavy atom. The number of carbonyl (C=O) groups is 1. The van der Waals surface area contributed by atoms with Crippen molar-refractivity contribution in [2.45, 2.75) is 19.1 Å². The molecule has 4 nitrogen and oxygen atoms in total. The van der Waals surface area contributed by atoms with E-state index < -0.39 is 6.10 Å². The molecule has 0 bridgehead atoms. The standard InChI is InChI=1S/C12H17NO3/c1-9(16-2)12(15)13-11(8-14)10-6-4-3-5-7-10/h3-7,9,11,14H,8H2,1-2H3,(H,13,15)/t9?,11-/m0/s1. The van der Waals surface area contributed by atoms with Gasteiger partial charge in [0.25, 0.3) is 0 Å². The quantitative estimate of drug-likeness (QED) is 0.778. The first-order valence-electron chi connectivity index (χ1n) is 5.18. The number of hydrogen-bond acceptors (Lipinski definition) is 3. The highest BCUT2D eigenvalue weighted by atomic mass is 16.5. The molecule has 0 spiro atoms. The maximum Gasteiger partial charge on any atom is 0.249 e. The Bertz CT molecular complexity index is 326. The molecule has 16 heavy (non-hydrogen) atoms. The summed E-state index contributed by atoms with van der Waals surface area (Å²) in [6.07, 6.45) is -0.516.